The van der Waals surface area contributed by atoms with E-state index in [4.69, 9.17) is 30.3 Å². The van der Waals surface area contributed by atoms with Crippen molar-refractivity contribution in [1.82, 2.24) is 29.9 Å². The van der Waals surface area contributed by atoms with Gasteiger partial charge in [0.25, 0.3) is 0 Å². The van der Waals surface area contributed by atoms with E-state index in [2.05, 4.69) is 45.8 Å². The van der Waals surface area contributed by atoms with Gasteiger partial charge in [0.1, 0.15) is 33.0 Å². The molecule has 4 aromatic carbocycles. The van der Waals surface area contributed by atoms with E-state index in [1.807, 2.05) is 78.9 Å². The predicted octanol–water partition coefficient (Wildman–Crippen LogP) is 5.53. The molecule has 14 heteroatoms. The molecule has 48 heavy (non-hydrogen) atoms. The zero-order chi connectivity index (χ0) is 33.5. The Kier molecular flexibility index (Phi) is 9.76. The third-order valence-electron chi connectivity index (χ3n) is 6.89. The van der Waals surface area contributed by atoms with Gasteiger partial charge in [-0.2, -0.15) is 0 Å². The van der Waals surface area contributed by atoms with E-state index in [-0.39, 0.29) is 0 Å². The lowest BCUT2D eigenvalue weighted by Crippen LogP contribution is -2.29. The first-order valence-corrected chi connectivity index (χ1v) is 15.2. The standard InChI is InChI=1S/C17H12N4O.C10H8BrN3.C7H6BNO3/c18-15-9-19-16(17(21-15)11-4-2-1-3-5-11)12-6-7-13-14(8-12)22-10-20-13;11-10-9(14-8(12)6-13-10)7-4-2-1-3-5-7;10-8(11)5-1-2-6-7(3-5)12-4-9-6/h1-10H,(H2,18,21);1-6H,(H2,12,14);1-4,10-11H. The maximum absolute atomic E-state index is 8.81. The molecule has 0 radical (unpaired) electrons. The van der Waals surface area contributed by atoms with Crippen LogP contribution in [0.1, 0.15) is 0 Å². The van der Waals surface area contributed by atoms with Gasteiger partial charge < -0.3 is 30.3 Å². The maximum Gasteiger partial charge on any atom is 0.488 e. The predicted molar refractivity (Wildman–Crippen MR) is 188 cm³/mol. The van der Waals surface area contributed by atoms with E-state index in [0.717, 1.165) is 44.9 Å². The molecule has 4 aromatic heterocycles. The fourth-order valence-electron chi connectivity index (χ4n) is 4.61. The largest absolute Gasteiger partial charge is 0.488 e. The number of hydrogen-bond acceptors (Lipinski definition) is 12. The van der Waals surface area contributed by atoms with Gasteiger partial charge >= 0.3 is 7.12 Å². The minimum Gasteiger partial charge on any atom is -0.443 e. The summed E-state index contributed by atoms with van der Waals surface area (Å²) in [5.74, 6) is 0.815. The normalized spacial score (nSPS) is 10.6. The van der Waals surface area contributed by atoms with E-state index in [1.165, 1.54) is 19.0 Å². The van der Waals surface area contributed by atoms with Crippen LogP contribution >= 0.6 is 15.9 Å². The highest BCUT2D eigenvalue weighted by atomic mass is 79.9. The molecule has 0 saturated heterocycles. The van der Waals surface area contributed by atoms with Crippen LogP contribution in [0, 0.1) is 0 Å². The monoisotopic (exact) mass is 700 g/mol. The summed E-state index contributed by atoms with van der Waals surface area (Å²) in [5.41, 5.74) is 19.7. The number of hydrogen-bond donors (Lipinski definition) is 4. The average Bonchev–Trinajstić information content (AvgIpc) is 3.80. The van der Waals surface area contributed by atoms with Crippen LogP contribution in [0.4, 0.5) is 11.6 Å². The van der Waals surface area contributed by atoms with Gasteiger partial charge in [0.15, 0.2) is 24.0 Å². The minimum absolute atomic E-state index is 0.392. The Morgan fingerprint density at radius 2 is 1.10 bits per heavy atom. The van der Waals surface area contributed by atoms with Crippen molar-refractivity contribution in [3.63, 3.8) is 0 Å². The fourth-order valence-corrected chi connectivity index (χ4v) is 5.03. The fraction of sp³-hybridized carbons (Fsp3) is 0. The molecule has 0 atom stereocenters. The van der Waals surface area contributed by atoms with Crippen molar-refractivity contribution in [3.05, 3.63) is 127 Å². The molecule has 8 aromatic rings. The van der Waals surface area contributed by atoms with Crippen molar-refractivity contribution in [2.24, 2.45) is 0 Å². The maximum atomic E-state index is 8.81. The number of nitrogens with two attached hydrogens (primary N) is 2. The summed E-state index contributed by atoms with van der Waals surface area (Å²) in [6.45, 7) is 0. The van der Waals surface area contributed by atoms with E-state index in [1.54, 1.807) is 24.4 Å². The molecule has 0 amide bonds. The van der Waals surface area contributed by atoms with Gasteiger partial charge in [0.2, 0.25) is 0 Å². The van der Waals surface area contributed by atoms with Gasteiger partial charge in [-0.05, 0) is 45.7 Å². The Hall–Kier alpha value is -5.96. The molecule has 0 fully saturated rings. The SMILES string of the molecule is Nc1cnc(-c2ccc3ncoc3c2)c(-c2ccccc2)n1.Nc1cnc(Br)c(-c2ccccc2)n1.OB(O)c1ccc2ncoc2c1. The van der Waals surface area contributed by atoms with Crippen LogP contribution < -0.4 is 16.9 Å². The molecule has 12 nitrogen and oxygen atoms in total. The van der Waals surface area contributed by atoms with Crippen LogP contribution in [0.25, 0.3) is 56.0 Å². The van der Waals surface area contributed by atoms with Gasteiger partial charge in [0.05, 0.1) is 23.8 Å². The van der Waals surface area contributed by atoms with Crippen LogP contribution in [0.5, 0.6) is 0 Å². The van der Waals surface area contributed by atoms with E-state index < -0.39 is 7.12 Å². The highest BCUT2D eigenvalue weighted by Gasteiger charge is 2.14. The zero-order valence-corrected chi connectivity index (χ0v) is 26.6. The Morgan fingerprint density at radius 3 is 1.73 bits per heavy atom. The summed E-state index contributed by atoms with van der Waals surface area (Å²) in [4.78, 5) is 25.2. The first-order valence-electron chi connectivity index (χ1n) is 14.4. The third-order valence-corrected chi connectivity index (χ3v) is 7.47. The van der Waals surface area contributed by atoms with E-state index in [0.29, 0.717) is 32.8 Å². The number of benzene rings is 4. The summed E-state index contributed by atoms with van der Waals surface area (Å²) in [6.07, 6.45) is 5.84. The van der Waals surface area contributed by atoms with Crippen LogP contribution in [-0.2, 0) is 0 Å². The lowest BCUT2D eigenvalue weighted by atomic mass is 9.80. The van der Waals surface area contributed by atoms with Crippen LogP contribution in [-0.4, -0.2) is 47.1 Å². The molecule has 4 heterocycles. The number of nitrogens with zero attached hydrogens (tertiary/aromatic N) is 6. The molecule has 6 N–H and O–H groups in total. The van der Waals surface area contributed by atoms with Crippen LogP contribution in [0.15, 0.2) is 136 Å². The lowest BCUT2D eigenvalue weighted by molar-refractivity contribution is 0.425. The van der Waals surface area contributed by atoms with Gasteiger partial charge in [-0.25, -0.2) is 24.9 Å². The second-order valence-corrected chi connectivity index (χ2v) is 10.9. The summed E-state index contributed by atoms with van der Waals surface area (Å²) in [5, 5.41) is 17.6. The zero-order valence-electron chi connectivity index (χ0n) is 25.1. The van der Waals surface area contributed by atoms with Gasteiger partial charge in [0, 0.05) is 16.7 Å². The van der Waals surface area contributed by atoms with Crippen molar-refractivity contribution < 1.29 is 18.9 Å². The number of nitrogen functional groups attached to an aromatic ring is 2. The molecule has 0 bridgehead atoms. The summed E-state index contributed by atoms with van der Waals surface area (Å²) in [6, 6.07) is 30.2. The molecule has 0 aliphatic heterocycles. The Morgan fingerprint density at radius 1 is 0.562 bits per heavy atom. The summed E-state index contributed by atoms with van der Waals surface area (Å²) >= 11 is 3.34. The second kappa shape index (κ2) is 14.6. The van der Waals surface area contributed by atoms with Crippen molar-refractivity contribution in [2.75, 3.05) is 11.5 Å². The number of oxazole rings is 2. The Balaban J connectivity index is 0.000000134. The second-order valence-electron chi connectivity index (χ2n) is 10.1. The third kappa shape index (κ3) is 7.53. The Labute approximate surface area is 282 Å². The molecule has 0 spiro atoms. The first kappa shape index (κ1) is 32.0. The minimum atomic E-state index is -1.46. The molecule has 0 aliphatic carbocycles. The highest BCUT2D eigenvalue weighted by Crippen LogP contribution is 2.31. The van der Waals surface area contributed by atoms with E-state index in [9.17, 15) is 0 Å². The molecule has 0 saturated carbocycles. The van der Waals surface area contributed by atoms with E-state index >= 15 is 0 Å². The quantitative estimate of drug-likeness (QED) is 0.168. The average molecular weight is 701 g/mol. The molecular formula is C34H26BBrN8O4. The molecule has 236 valence electrons. The molecule has 8 rings (SSSR count). The first-order chi connectivity index (χ1) is 23.4. The van der Waals surface area contributed by atoms with Gasteiger partial charge in [-0.1, -0.05) is 72.8 Å². The molecule has 0 aliphatic rings. The smallest absolute Gasteiger partial charge is 0.443 e. The van der Waals surface area contributed by atoms with Crippen LogP contribution in [0.2, 0.25) is 0 Å². The Bertz CT molecular complexity index is 2280. The van der Waals surface area contributed by atoms with Crippen molar-refractivity contribution in [2.45, 2.75) is 0 Å². The molecule has 0 unspecified atom stereocenters. The van der Waals surface area contributed by atoms with Crippen molar-refractivity contribution >= 4 is 62.3 Å². The number of fused-ring (bicyclic) bond motifs is 2. The summed E-state index contributed by atoms with van der Waals surface area (Å²) in [7, 11) is -1.46. The lowest BCUT2D eigenvalue weighted by Gasteiger charge is -2.09. The van der Waals surface area contributed by atoms with Crippen LogP contribution in [0.3, 0.4) is 0 Å². The number of halogens is 1. The van der Waals surface area contributed by atoms with Gasteiger partial charge in [-0.15, -0.1) is 0 Å². The van der Waals surface area contributed by atoms with Crippen molar-refractivity contribution in [3.8, 4) is 33.8 Å². The van der Waals surface area contributed by atoms with Gasteiger partial charge in [-0.3, -0.25) is 4.98 Å². The molecular weight excluding hydrogens is 675 g/mol. The number of rotatable bonds is 4. The number of aromatic nitrogens is 6. The van der Waals surface area contributed by atoms with Crippen molar-refractivity contribution in [1.29, 1.82) is 0 Å². The highest BCUT2D eigenvalue weighted by molar-refractivity contribution is 9.10. The topological polar surface area (TPSA) is 196 Å². The summed E-state index contributed by atoms with van der Waals surface area (Å²) < 4.78 is 11.0. The number of anilines is 2.